The topological polar surface area (TPSA) is 75.3 Å². The first-order valence-corrected chi connectivity index (χ1v) is 8.99. The summed E-state index contributed by atoms with van der Waals surface area (Å²) in [7, 11) is -3.68. The number of nitrogens with one attached hydrogen (secondary N) is 2. The van der Waals surface area contributed by atoms with Gasteiger partial charge in [-0.2, -0.15) is 0 Å². The summed E-state index contributed by atoms with van der Waals surface area (Å²) in [5, 5.41) is 2.89. The standard InChI is InChI=1S/C16H16ClFN2O3S/c17-13-4-2-6-15(11-13)24(22,23)20-8-7-19-16(21)10-12-3-1-5-14(18)9-12/h1-6,9,11,20H,7-8,10H2,(H,19,21). The molecule has 0 aromatic heterocycles. The number of sulfonamides is 1. The Morgan fingerprint density at radius 2 is 1.83 bits per heavy atom. The average molecular weight is 371 g/mol. The smallest absolute Gasteiger partial charge is 0.240 e. The van der Waals surface area contributed by atoms with Crippen LogP contribution in [0.2, 0.25) is 5.02 Å². The molecule has 2 aromatic carbocycles. The highest BCUT2D eigenvalue weighted by Crippen LogP contribution is 2.14. The first kappa shape index (κ1) is 18.4. The van der Waals surface area contributed by atoms with Gasteiger partial charge in [0.2, 0.25) is 15.9 Å². The van der Waals surface area contributed by atoms with Gasteiger partial charge in [-0.25, -0.2) is 17.5 Å². The highest BCUT2D eigenvalue weighted by Gasteiger charge is 2.13. The van der Waals surface area contributed by atoms with Crippen LogP contribution in [-0.4, -0.2) is 27.4 Å². The zero-order chi connectivity index (χ0) is 17.6. The van der Waals surface area contributed by atoms with Crippen molar-refractivity contribution in [3.05, 3.63) is 64.9 Å². The van der Waals surface area contributed by atoms with Gasteiger partial charge in [0.05, 0.1) is 11.3 Å². The van der Waals surface area contributed by atoms with Crippen molar-refractivity contribution in [3.8, 4) is 0 Å². The fourth-order valence-electron chi connectivity index (χ4n) is 2.00. The monoisotopic (exact) mass is 370 g/mol. The number of rotatable bonds is 7. The highest BCUT2D eigenvalue weighted by molar-refractivity contribution is 7.89. The molecule has 0 saturated heterocycles. The second kappa shape index (κ2) is 8.23. The molecular formula is C16H16ClFN2O3S. The molecule has 0 aliphatic rings. The van der Waals surface area contributed by atoms with Gasteiger partial charge in [-0.3, -0.25) is 4.79 Å². The van der Waals surface area contributed by atoms with E-state index in [0.717, 1.165) is 0 Å². The minimum absolute atomic E-state index is 0.0266. The lowest BCUT2D eigenvalue weighted by atomic mass is 10.1. The lowest BCUT2D eigenvalue weighted by molar-refractivity contribution is -0.120. The Kier molecular flexibility index (Phi) is 6.30. The Bertz CT molecular complexity index is 828. The van der Waals surface area contributed by atoms with Gasteiger partial charge >= 0.3 is 0 Å². The molecule has 24 heavy (non-hydrogen) atoms. The Labute approximate surface area is 144 Å². The van der Waals surface area contributed by atoms with Crippen molar-refractivity contribution in [2.24, 2.45) is 0 Å². The molecule has 0 saturated carbocycles. The van der Waals surface area contributed by atoms with Crippen molar-refractivity contribution in [2.45, 2.75) is 11.3 Å². The number of hydrogen-bond acceptors (Lipinski definition) is 3. The lowest BCUT2D eigenvalue weighted by Crippen LogP contribution is -2.35. The lowest BCUT2D eigenvalue weighted by Gasteiger charge is -2.08. The molecule has 2 aromatic rings. The number of halogens is 2. The molecule has 0 radical (unpaired) electrons. The van der Waals surface area contributed by atoms with Crippen molar-refractivity contribution in [3.63, 3.8) is 0 Å². The Morgan fingerprint density at radius 3 is 2.54 bits per heavy atom. The zero-order valence-electron chi connectivity index (χ0n) is 12.6. The summed E-state index contributed by atoms with van der Waals surface area (Å²) >= 11 is 5.77. The fraction of sp³-hybridized carbons (Fsp3) is 0.188. The van der Waals surface area contributed by atoms with Gasteiger partial charge in [0.25, 0.3) is 0 Å². The van der Waals surface area contributed by atoms with Crippen LogP contribution in [0.25, 0.3) is 0 Å². The number of benzene rings is 2. The maximum Gasteiger partial charge on any atom is 0.240 e. The van der Waals surface area contributed by atoms with Crippen LogP contribution >= 0.6 is 11.6 Å². The summed E-state index contributed by atoms with van der Waals surface area (Å²) in [6.45, 7) is 0.150. The van der Waals surface area contributed by atoms with E-state index in [1.54, 1.807) is 12.1 Å². The average Bonchev–Trinajstić information content (AvgIpc) is 2.52. The maximum absolute atomic E-state index is 13.0. The summed E-state index contributed by atoms with van der Waals surface area (Å²) in [6.07, 6.45) is 0.0266. The molecule has 0 aliphatic carbocycles. The first-order valence-electron chi connectivity index (χ1n) is 7.13. The largest absolute Gasteiger partial charge is 0.355 e. The summed E-state index contributed by atoms with van der Waals surface area (Å²) in [4.78, 5) is 11.8. The third-order valence-corrected chi connectivity index (χ3v) is 4.79. The van der Waals surface area contributed by atoms with Gasteiger partial charge in [0.1, 0.15) is 5.82 Å². The molecule has 0 unspecified atom stereocenters. The van der Waals surface area contributed by atoms with Gasteiger partial charge in [0, 0.05) is 18.1 Å². The molecule has 0 fully saturated rings. The van der Waals surface area contributed by atoms with E-state index in [1.165, 1.54) is 36.4 Å². The van der Waals surface area contributed by atoms with Gasteiger partial charge in [-0.15, -0.1) is 0 Å². The van der Waals surface area contributed by atoms with Crippen LogP contribution in [0.1, 0.15) is 5.56 Å². The predicted molar refractivity (Wildman–Crippen MR) is 89.8 cm³/mol. The highest BCUT2D eigenvalue weighted by atomic mass is 35.5. The van der Waals surface area contributed by atoms with E-state index < -0.39 is 15.8 Å². The SMILES string of the molecule is O=C(Cc1cccc(F)c1)NCCNS(=O)(=O)c1cccc(Cl)c1. The number of hydrogen-bond donors (Lipinski definition) is 2. The van der Waals surface area contributed by atoms with Crippen molar-refractivity contribution >= 4 is 27.5 Å². The minimum atomic E-state index is -3.68. The van der Waals surface area contributed by atoms with Crippen LogP contribution in [0.3, 0.4) is 0 Å². The Hall–Kier alpha value is -1.96. The van der Waals surface area contributed by atoms with Gasteiger partial charge in [-0.05, 0) is 35.9 Å². The van der Waals surface area contributed by atoms with E-state index in [9.17, 15) is 17.6 Å². The van der Waals surface area contributed by atoms with E-state index in [0.29, 0.717) is 10.6 Å². The van der Waals surface area contributed by atoms with E-state index in [1.807, 2.05) is 0 Å². The summed E-state index contributed by atoms with van der Waals surface area (Å²) in [5.74, 6) is -0.725. The molecule has 2 N–H and O–H groups in total. The predicted octanol–water partition coefficient (Wildman–Crippen LogP) is 2.12. The Balaban J connectivity index is 1.79. The molecule has 2 rings (SSSR count). The maximum atomic E-state index is 13.0. The van der Waals surface area contributed by atoms with Gasteiger partial charge in [-0.1, -0.05) is 29.8 Å². The second-order valence-electron chi connectivity index (χ2n) is 5.01. The van der Waals surface area contributed by atoms with Crippen molar-refractivity contribution in [1.29, 1.82) is 0 Å². The molecule has 8 heteroatoms. The number of carbonyl (C=O) groups excluding carboxylic acids is 1. The minimum Gasteiger partial charge on any atom is -0.355 e. The fourth-order valence-corrected chi connectivity index (χ4v) is 3.33. The summed E-state index contributed by atoms with van der Waals surface area (Å²) in [6, 6.07) is 11.6. The number of carbonyl (C=O) groups is 1. The quantitative estimate of drug-likeness (QED) is 0.733. The molecule has 0 spiro atoms. The molecule has 1 amide bonds. The molecule has 128 valence electrons. The molecule has 0 aliphatic heterocycles. The van der Waals surface area contributed by atoms with Crippen molar-refractivity contribution in [1.82, 2.24) is 10.0 Å². The summed E-state index contributed by atoms with van der Waals surface area (Å²) < 4.78 is 39.5. The van der Waals surface area contributed by atoms with E-state index in [4.69, 9.17) is 11.6 Å². The first-order chi connectivity index (χ1) is 11.4. The molecule has 0 atom stereocenters. The molecule has 0 heterocycles. The van der Waals surface area contributed by atoms with E-state index in [-0.39, 0.29) is 30.3 Å². The summed E-state index contributed by atoms with van der Waals surface area (Å²) in [5.41, 5.74) is 0.548. The van der Waals surface area contributed by atoms with Crippen LogP contribution in [0.5, 0.6) is 0 Å². The molecular weight excluding hydrogens is 355 g/mol. The van der Waals surface area contributed by atoms with Crippen molar-refractivity contribution < 1.29 is 17.6 Å². The second-order valence-corrected chi connectivity index (χ2v) is 7.22. The van der Waals surface area contributed by atoms with Gasteiger partial charge in [0.15, 0.2) is 0 Å². The third-order valence-electron chi connectivity index (χ3n) is 3.10. The van der Waals surface area contributed by atoms with E-state index >= 15 is 0 Å². The molecule has 0 bridgehead atoms. The van der Waals surface area contributed by atoms with E-state index in [2.05, 4.69) is 10.0 Å². The zero-order valence-corrected chi connectivity index (χ0v) is 14.2. The number of amides is 1. The van der Waals surface area contributed by atoms with Crippen LogP contribution in [0.4, 0.5) is 4.39 Å². The normalized spacial score (nSPS) is 11.2. The van der Waals surface area contributed by atoms with Crippen LogP contribution < -0.4 is 10.0 Å². The van der Waals surface area contributed by atoms with Crippen LogP contribution in [-0.2, 0) is 21.2 Å². The third kappa shape index (κ3) is 5.59. The van der Waals surface area contributed by atoms with Crippen LogP contribution in [0.15, 0.2) is 53.4 Å². The molecule has 5 nitrogen and oxygen atoms in total. The van der Waals surface area contributed by atoms with Crippen LogP contribution in [0, 0.1) is 5.82 Å². The Morgan fingerprint density at radius 1 is 1.08 bits per heavy atom. The van der Waals surface area contributed by atoms with Gasteiger partial charge < -0.3 is 5.32 Å². The van der Waals surface area contributed by atoms with Crippen molar-refractivity contribution in [2.75, 3.05) is 13.1 Å².